The molecule has 0 aromatic heterocycles. The molecule has 0 aliphatic heterocycles. The zero-order valence-electron chi connectivity index (χ0n) is 8.84. The van der Waals surface area contributed by atoms with Crippen molar-refractivity contribution in [3.8, 4) is 0 Å². The second-order valence-corrected chi connectivity index (χ2v) is 6.48. The van der Waals surface area contributed by atoms with E-state index in [9.17, 15) is 8.42 Å². The molecular formula is C13H13O2S-. The molecule has 2 nitrogen and oxygen atoms in total. The van der Waals surface area contributed by atoms with Crippen molar-refractivity contribution in [3.05, 3.63) is 47.7 Å². The zero-order valence-corrected chi connectivity index (χ0v) is 9.65. The smallest absolute Gasteiger partial charge is 0.0550 e. The first-order valence-electron chi connectivity index (χ1n) is 5.52. The van der Waals surface area contributed by atoms with Crippen molar-refractivity contribution in [2.24, 2.45) is 11.8 Å². The van der Waals surface area contributed by atoms with Gasteiger partial charge in [-0.15, -0.1) is 12.0 Å². The molecule has 0 saturated heterocycles. The molecule has 1 fully saturated rings. The fourth-order valence-corrected chi connectivity index (χ4v) is 4.46. The second kappa shape index (κ2) is 3.45. The van der Waals surface area contributed by atoms with Crippen LogP contribution in [0.1, 0.15) is 12.8 Å². The van der Waals surface area contributed by atoms with Crippen molar-refractivity contribution in [2.45, 2.75) is 17.7 Å². The Labute approximate surface area is 95.9 Å². The topological polar surface area (TPSA) is 34.1 Å². The maximum Gasteiger partial charge on any atom is 0.0550 e. The zero-order chi connectivity index (χ0) is 11.2. The summed E-state index contributed by atoms with van der Waals surface area (Å²) in [5.41, 5.74) is 0. The highest BCUT2D eigenvalue weighted by Crippen LogP contribution is 2.49. The third kappa shape index (κ3) is 1.42. The van der Waals surface area contributed by atoms with Crippen LogP contribution in [0.15, 0.2) is 47.4 Å². The van der Waals surface area contributed by atoms with Gasteiger partial charge in [0.1, 0.15) is 0 Å². The molecule has 84 valence electrons. The van der Waals surface area contributed by atoms with Gasteiger partial charge in [-0.25, -0.2) is 0 Å². The van der Waals surface area contributed by atoms with E-state index >= 15 is 0 Å². The van der Waals surface area contributed by atoms with Gasteiger partial charge < -0.3 is 0 Å². The van der Waals surface area contributed by atoms with E-state index in [1.54, 1.807) is 24.3 Å². The summed E-state index contributed by atoms with van der Waals surface area (Å²) in [6.07, 6.45) is 5.90. The molecule has 16 heavy (non-hydrogen) atoms. The van der Waals surface area contributed by atoms with E-state index in [-0.39, 0.29) is 5.92 Å². The van der Waals surface area contributed by atoms with Crippen LogP contribution in [0.3, 0.4) is 0 Å². The highest BCUT2D eigenvalue weighted by Gasteiger charge is 2.32. The van der Waals surface area contributed by atoms with Crippen molar-refractivity contribution in [1.29, 1.82) is 0 Å². The first-order chi connectivity index (χ1) is 7.68. The minimum Gasteiger partial charge on any atom is -0.257 e. The lowest BCUT2D eigenvalue weighted by Gasteiger charge is -2.31. The fourth-order valence-electron chi connectivity index (χ4n) is 2.63. The van der Waals surface area contributed by atoms with Crippen molar-refractivity contribution >= 4 is 9.84 Å². The van der Waals surface area contributed by atoms with Gasteiger partial charge in [-0.2, -0.15) is 11.7 Å². The van der Waals surface area contributed by atoms with Gasteiger partial charge in [-0.05, 0) is 12.1 Å². The summed E-state index contributed by atoms with van der Waals surface area (Å²) in [5.74, 6) is 0.619. The average molecular weight is 233 g/mol. The monoisotopic (exact) mass is 233 g/mol. The molecule has 0 N–H and O–H groups in total. The van der Waals surface area contributed by atoms with Crippen LogP contribution >= 0.6 is 0 Å². The Hall–Kier alpha value is -1.09. The van der Waals surface area contributed by atoms with Crippen molar-refractivity contribution in [3.63, 3.8) is 0 Å². The molecule has 2 bridgehead atoms. The maximum atomic E-state index is 12.4. The molecular weight excluding hydrogens is 220 g/mol. The molecule has 1 aromatic rings. The molecule has 2 aliphatic rings. The molecule has 0 radical (unpaired) electrons. The average Bonchev–Trinajstić information content (AvgIpc) is 2.92. The Morgan fingerprint density at radius 3 is 2.44 bits per heavy atom. The molecule has 0 unspecified atom stereocenters. The predicted octanol–water partition coefficient (Wildman–Crippen LogP) is 2.59. The summed E-state index contributed by atoms with van der Waals surface area (Å²) >= 11 is 0. The quantitative estimate of drug-likeness (QED) is 0.581. The number of hydrogen-bond acceptors (Lipinski definition) is 2. The van der Waals surface area contributed by atoms with Crippen molar-refractivity contribution in [1.82, 2.24) is 0 Å². The van der Waals surface area contributed by atoms with Gasteiger partial charge in [-0.1, -0.05) is 36.6 Å². The SMILES string of the molecule is O=S(=O)(c1ccccc1)[C-]1C[C@@H]2C=C[C@H]1C2. The largest absolute Gasteiger partial charge is 0.257 e. The number of fused-ring (bicyclic) bond motifs is 2. The number of sulfone groups is 1. The Morgan fingerprint density at radius 2 is 1.88 bits per heavy atom. The lowest BCUT2D eigenvalue weighted by atomic mass is 10.1. The Bertz CT molecular complexity index is 516. The molecule has 0 amide bonds. The van der Waals surface area contributed by atoms with Gasteiger partial charge in [0.05, 0.1) is 9.84 Å². The third-order valence-electron chi connectivity index (χ3n) is 3.45. The van der Waals surface area contributed by atoms with Crippen LogP contribution in [0.5, 0.6) is 0 Å². The lowest BCUT2D eigenvalue weighted by molar-refractivity contribution is 0.587. The molecule has 3 rings (SSSR count). The van der Waals surface area contributed by atoms with Crippen LogP contribution in [-0.2, 0) is 9.84 Å². The third-order valence-corrected chi connectivity index (χ3v) is 5.50. The molecule has 1 saturated carbocycles. The minimum absolute atomic E-state index is 0.162. The van der Waals surface area contributed by atoms with E-state index in [0.717, 1.165) is 12.8 Å². The lowest BCUT2D eigenvalue weighted by Crippen LogP contribution is -2.17. The van der Waals surface area contributed by atoms with Crippen molar-refractivity contribution in [2.75, 3.05) is 0 Å². The van der Waals surface area contributed by atoms with Crippen LogP contribution in [0.25, 0.3) is 0 Å². The Balaban J connectivity index is 1.98. The van der Waals surface area contributed by atoms with Gasteiger partial charge >= 0.3 is 0 Å². The number of hydrogen-bond donors (Lipinski definition) is 0. The van der Waals surface area contributed by atoms with E-state index in [1.165, 1.54) is 0 Å². The van der Waals surface area contributed by atoms with Crippen LogP contribution in [-0.4, -0.2) is 8.42 Å². The molecule has 2 aliphatic carbocycles. The summed E-state index contributed by atoms with van der Waals surface area (Å²) in [6.45, 7) is 0. The summed E-state index contributed by atoms with van der Waals surface area (Å²) in [6, 6.07) is 8.74. The van der Waals surface area contributed by atoms with Crippen molar-refractivity contribution < 1.29 is 8.42 Å². The van der Waals surface area contributed by atoms with E-state index in [4.69, 9.17) is 0 Å². The van der Waals surface area contributed by atoms with E-state index in [0.29, 0.717) is 16.1 Å². The first-order valence-corrected chi connectivity index (χ1v) is 7.00. The molecule has 2 atom stereocenters. The standard InChI is InChI=1S/C13H13O2S/c14-16(15,12-4-2-1-3-5-12)13-9-10-6-7-11(13)8-10/h1-7,10-11H,8-9H2/q-1/t10-,11+/m1/s1. The molecule has 0 heterocycles. The van der Waals surface area contributed by atoms with Crippen LogP contribution in [0.4, 0.5) is 0 Å². The van der Waals surface area contributed by atoms with Crippen LogP contribution in [0, 0.1) is 17.1 Å². The summed E-state index contributed by atoms with van der Waals surface area (Å²) in [4.78, 5) is 0.436. The van der Waals surface area contributed by atoms with Gasteiger partial charge in [0.15, 0.2) is 0 Å². The number of allylic oxidation sites excluding steroid dienone is 2. The van der Waals surface area contributed by atoms with E-state index in [2.05, 4.69) is 6.08 Å². The Kier molecular flexibility index (Phi) is 2.18. The fraction of sp³-hybridized carbons (Fsp3) is 0.308. The van der Waals surface area contributed by atoms with E-state index in [1.807, 2.05) is 12.1 Å². The summed E-state index contributed by atoms with van der Waals surface area (Å²) < 4.78 is 24.7. The first kappa shape index (κ1) is 10.1. The maximum absolute atomic E-state index is 12.4. The highest BCUT2D eigenvalue weighted by atomic mass is 32.2. The minimum atomic E-state index is -3.20. The summed E-state index contributed by atoms with van der Waals surface area (Å²) in [7, 11) is -3.20. The normalized spacial score (nSPS) is 28.8. The highest BCUT2D eigenvalue weighted by molar-refractivity contribution is 7.94. The number of rotatable bonds is 2. The van der Waals surface area contributed by atoms with E-state index < -0.39 is 9.84 Å². The number of benzene rings is 1. The van der Waals surface area contributed by atoms with Crippen LogP contribution < -0.4 is 0 Å². The van der Waals surface area contributed by atoms with Crippen LogP contribution in [0.2, 0.25) is 0 Å². The molecule has 1 aromatic carbocycles. The van der Waals surface area contributed by atoms with Gasteiger partial charge in [0.2, 0.25) is 0 Å². The molecule has 3 heteroatoms. The second-order valence-electron chi connectivity index (χ2n) is 4.47. The Morgan fingerprint density at radius 1 is 1.12 bits per heavy atom. The van der Waals surface area contributed by atoms with Gasteiger partial charge in [-0.3, -0.25) is 8.42 Å². The summed E-state index contributed by atoms with van der Waals surface area (Å²) in [5, 5.41) is 0.714. The predicted molar refractivity (Wildman–Crippen MR) is 62.2 cm³/mol. The molecule has 0 spiro atoms. The van der Waals surface area contributed by atoms with Gasteiger partial charge in [0, 0.05) is 4.90 Å². The van der Waals surface area contributed by atoms with Gasteiger partial charge in [0.25, 0.3) is 0 Å².